The van der Waals surface area contributed by atoms with Gasteiger partial charge in [0.25, 0.3) is 10.0 Å². The summed E-state index contributed by atoms with van der Waals surface area (Å²) in [6.45, 7) is 1.89. The number of hydrogen-bond donors (Lipinski definition) is 3. The standard InChI is InChI=1S/C18H16ClN3O3S.C11H10ClN3O.CH3F/c1-11-2-6-13(7-3-11)26(24,25)22-9-8-14-15(19)10-16(20-17(14)22)21-18(23)12-4-5-12;12-8-5-9(15-11(16)6-1-2-6)14-10-7(8)3-4-13-10;1-2/h2-3,6-10,12H,4-5H2,1H3,(H,20,21,23);3-6H,1-2H2,(H2,13,14,15,16);1H3/i;;1D. The van der Waals surface area contributed by atoms with Crippen LogP contribution in [0.2, 0.25) is 10.0 Å². The molecule has 230 valence electrons. The maximum Gasteiger partial charge on any atom is 0.269 e. The number of amides is 2. The molecule has 0 spiro atoms. The number of fused-ring (bicyclic) bond motifs is 2. The van der Waals surface area contributed by atoms with Gasteiger partial charge in [-0.25, -0.2) is 22.4 Å². The van der Waals surface area contributed by atoms with Gasteiger partial charge in [0.15, 0.2) is 5.65 Å². The first-order valence-corrected chi connectivity index (χ1v) is 15.8. The molecule has 4 heterocycles. The number of aromatic amines is 1. The lowest BCUT2D eigenvalue weighted by atomic mass is 10.2. The SMILES string of the molecule is Cc1ccc(S(=O)(=O)n2ccc3c(Cl)cc(NC(=O)C4CC4)nc32)cc1.O=C(Nc1cc(Cl)c2cc[nH]c2n1)C1CC1.[2H]CF. The fourth-order valence-corrected chi connectivity index (χ4v) is 6.14. The number of aromatic nitrogens is 4. The van der Waals surface area contributed by atoms with Crippen LogP contribution in [0.3, 0.4) is 0 Å². The first-order chi connectivity index (χ1) is 21.5. The fourth-order valence-electron chi connectivity index (χ4n) is 4.34. The van der Waals surface area contributed by atoms with Gasteiger partial charge in [0.1, 0.15) is 17.3 Å². The maximum absolute atomic E-state index is 13.0. The molecule has 2 aliphatic carbocycles. The van der Waals surface area contributed by atoms with Gasteiger partial charge >= 0.3 is 0 Å². The van der Waals surface area contributed by atoms with Crippen molar-refractivity contribution in [3.63, 3.8) is 0 Å². The van der Waals surface area contributed by atoms with Crippen LogP contribution in [0, 0.1) is 18.8 Å². The number of nitrogens with zero attached hydrogens (tertiary/aromatic N) is 3. The van der Waals surface area contributed by atoms with E-state index in [1.165, 1.54) is 12.3 Å². The molecule has 0 aliphatic heterocycles. The minimum Gasteiger partial charge on any atom is -0.346 e. The van der Waals surface area contributed by atoms with Crippen molar-refractivity contribution >= 4 is 78.7 Å². The van der Waals surface area contributed by atoms with Gasteiger partial charge < -0.3 is 15.6 Å². The van der Waals surface area contributed by atoms with E-state index in [1.54, 1.807) is 42.6 Å². The number of aryl methyl sites for hydroxylation is 1. The highest BCUT2D eigenvalue weighted by atomic mass is 35.5. The lowest BCUT2D eigenvalue weighted by Crippen LogP contribution is -2.16. The highest BCUT2D eigenvalue weighted by molar-refractivity contribution is 7.90. The molecule has 7 rings (SSSR count). The van der Waals surface area contributed by atoms with Gasteiger partial charge in [-0.15, -0.1) is 0 Å². The molecular weight excluding hydrogens is 630 g/mol. The van der Waals surface area contributed by atoms with Crippen LogP contribution in [0.5, 0.6) is 0 Å². The number of nitrogens with one attached hydrogen (secondary N) is 3. The molecule has 0 atom stereocenters. The molecule has 0 radical (unpaired) electrons. The van der Waals surface area contributed by atoms with Gasteiger partial charge in [0, 0.05) is 47.1 Å². The number of benzene rings is 1. The predicted molar refractivity (Wildman–Crippen MR) is 169 cm³/mol. The summed E-state index contributed by atoms with van der Waals surface area (Å²) >= 11 is 12.3. The first kappa shape index (κ1) is 30.0. The lowest BCUT2D eigenvalue weighted by molar-refractivity contribution is -0.118. The van der Waals surface area contributed by atoms with Crippen molar-refractivity contribution in [3.8, 4) is 0 Å². The van der Waals surface area contributed by atoms with Gasteiger partial charge in [-0.1, -0.05) is 40.9 Å². The summed E-state index contributed by atoms with van der Waals surface area (Å²) < 4.78 is 42.5. The maximum atomic E-state index is 13.0. The third kappa shape index (κ3) is 6.87. The summed E-state index contributed by atoms with van der Waals surface area (Å²) in [6, 6.07) is 13.2. The number of H-pyrrole nitrogens is 1. The quantitative estimate of drug-likeness (QED) is 0.185. The Balaban J connectivity index is 0.000000179. The Kier molecular flexibility index (Phi) is 8.83. The molecule has 1 aromatic carbocycles. The van der Waals surface area contributed by atoms with Gasteiger partial charge in [-0.2, -0.15) is 0 Å². The van der Waals surface area contributed by atoms with Crippen molar-refractivity contribution in [2.75, 3.05) is 17.8 Å². The van der Waals surface area contributed by atoms with Crippen molar-refractivity contribution in [3.05, 3.63) is 76.5 Å². The van der Waals surface area contributed by atoms with Gasteiger partial charge in [-0.3, -0.25) is 14.0 Å². The number of carbonyl (C=O) groups excluding carboxylic acids is 2. The molecule has 2 saturated carbocycles. The van der Waals surface area contributed by atoms with Crippen LogP contribution < -0.4 is 10.6 Å². The summed E-state index contributed by atoms with van der Waals surface area (Å²) in [7, 11) is -4.82. The molecule has 0 bridgehead atoms. The second-order valence-electron chi connectivity index (χ2n) is 10.4. The molecule has 14 heteroatoms. The summed E-state index contributed by atoms with van der Waals surface area (Å²) in [4.78, 5) is 35.3. The van der Waals surface area contributed by atoms with Crippen molar-refractivity contribution in [1.29, 1.82) is 0 Å². The molecule has 0 saturated heterocycles. The number of anilines is 2. The highest BCUT2D eigenvalue weighted by Gasteiger charge is 2.31. The monoisotopic (exact) mass is 659 g/mol. The first-order valence-electron chi connectivity index (χ1n) is 14.3. The van der Waals surface area contributed by atoms with E-state index in [2.05, 4.69) is 25.6 Å². The topological polar surface area (TPSA) is 139 Å². The Morgan fingerprint density at radius 3 is 2.05 bits per heavy atom. The number of halogens is 3. The van der Waals surface area contributed by atoms with Crippen LogP contribution in [-0.2, 0) is 19.6 Å². The van der Waals surface area contributed by atoms with E-state index in [9.17, 15) is 22.4 Å². The van der Waals surface area contributed by atoms with Crippen molar-refractivity contribution < 1.29 is 23.8 Å². The third-order valence-electron chi connectivity index (χ3n) is 7.03. The molecule has 2 amide bonds. The summed E-state index contributed by atoms with van der Waals surface area (Å²) in [6.07, 6.45) is 6.87. The van der Waals surface area contributed by atoms with Gasteiger partial charge in [0.2, 0.25) is 11.8 Å². The van der Waals surface area contributed by atoms with Crippen LogP contribution in [0.15, 0.2) is 65.8 Å². The summed E-state index contributed by atoms with van der Waals surface area (Å²) in [5.74, 6) is 0.853. The molecule has 5 aromatic rings. The smallest absolute Gasteiger partial charge is 0.269 e. The van der Waals surface area contributed by atoms with Crippen LogP contribution in [0.4, 0.5) is 16.0 Å². The molecule has 0 unspecified atom stereocenters. The van der Waals surface area contributed by atoms with E-state index >= 15 is 0 Å². The zero-order valence-corrected chi connectivity index (χ0v) is 25.8. The average Bonchev–Trinajstić information content (AvgIpc) is 3.92. The number of pyridine rings is 2. The third-order valence-corrected chi connectivity index (χ3v) is 9.33. The fraction of sp³-hybridized carbons (Fsp3) is 0.267. The van der Waals surface area contributed by atoms with E-state index in [-0.39, 0.29) is 40.0 Å². The summed E-state index contributed by atoms with van der Waals surface area (Å²) in [5.41, 5.74) is 1.84. The lowest BCUT2D eigenvalue weighted by Gasteiger charge is -2.09. The molecule has 4 aromatic heterocycles. The second-order valence-corrected chi connectivity index (χ2v) is 13.0. The van der Waals surface area contributed by atoms with Gasteiger partial charge in [0.05, 0.1) is 23.5 Å². The van der Waals surface area contributed by atoms with E-state index in [1.807, 2.05) is 13.0 Å². The zero-order chi connectivity index (χ0) is 32.3. The summed E-state index contributed by atoms with van der Waals surface area (Å²) in [5, 5.41) is 7.78. The van der Waals surface area contributed by atoms with Gasteiger partial charge in [-0.05, 0) is 56.9 Å². The molecular formula is C30H29Cl2FN6O4S. The average molecular weight is 661 g/mol. The molecule has 2 aliphatic rings. The molecule has 2 fully saturated rings. The van der Waals surface area contributed by atoms with Crippen LogP contribution in [-0.4, -0.2) is 46.3 Å². The van der Waals surface area contributed by atoms with Crippen LogP contribution in [0.1, 0.15) is 32.6 Å². The second kappa shape index (κ2) is 12.9. The van der Waals surface area contributed by atoms with Crippen LogP contribution >= 0.6 is 23.2 Å². The van der Waals surface area contributed by atoms with E-state index < -0.39 is 17.2 Å². The number of rotatable bonds is 6. The molecule has 44 heavy (non-hydrogen) atoms. The van der Waals surface area contributed by atoms with Crippen molar-refractivity contribution in [1.82, 2.24) is 18.9 Å². The zero-order valence-electron chi connectivity index (χ0n) is 24.5. The Hall–Kier alpha value is -4.00. The van der Waals surface area contributed by atoms with Crippen molar-refractivity contribution in [2.45, 2.75) is 37.5 Å². The molecule has 3 N–H and O–H groups in total. The van der Waals surface area contributed by atoms with E-state index in [4.69, 9.17) is 24.6 Å². The van der Waals surface area contributed by atoms with Crippen molar-refractivity contribution in [2.24, 2.45) is 11.8 Å². The minimum atomic E-state index is -3.82. The largest absolute Gasteiger partial charge is 0.346 e. The highest BCUT2D eigenvalue weighted by Crippen LogP contribution is 2.33. The Labute approximate surface area is 264 Å². The van der Waals surface area contributed by atoms with Crippen LogP contribution in [0.25, 0.3) is 22.1 Å². The van der Waals surface area contributed by atoms with E-state index in [0.717, 1.165) is 40.6 Å². The normalized spacial score (nSPS) is 14.6. The molecule has 10 nitrogen and oxygen atoms in total. The Morgan fingerprint density at radius 1 is 0.932 bits per heavy atom. The number of carbonyl (C=O) groups is 2. The Bertz CT molecular complexity index is 1980. The number of hydrogen-bond acceptors (Lipinski definition) is 6. The Morgan fingerprint density at radius 2 is 1.48 bits per heavy atom. The number of alkyl halides is 1. The van der Waals surface area contributed by atoms with E-state index in [0.29, 0.717) is 26.9 Å². The predicted octanol–water partition coefficient (Wildman–Crippen LogP) is 6.73. The minimum absolute atomic E-state index is 0.00866.